The highest BCUT2D eigenvalue weighted by Crippen LogP contribution is 2.23. The summed E-state index contributed by atoms with van der Waals surface area (Å²) < 4.78 is 5.67. The van der Waals surface area contributed by atoms with Gasteiger partial charge in [-0.3, -0.25) is 19.3 Å². The van der Waals surface area contributed by atoms with E-state index in [0.717, 1.165) is 10.5 Å². The molecule has 0 atom stereocenters. The molecule has 4 rings (SSSR count). The molecule has 0 N–H and O–H groups in total. The Bertz CT molecular complexity index is 1210. The van der Waals surface area contributed by atoms with Crippen molar-refractivity contribution in [2.24, 2.45) is 0 Å². The summed E-state index contributed by atoms with van der Waals surface area (Å²) >= 11 is 11.4. The Balaban J connectivity index is 1.49. The Morgan fingerprint density at radius 3 is 2.09 bits per heavy atom. The lowest BCUT2D eigenvalue weighted by Gasteiger charge is -2.24. The Morgan fingerprint density at radius 2 is 1.52 bits per heavy atom. The number of anilines is 1. The van der Waals surface area contributed by atoms with Crippen LogP contribution >= 0.6 is 23.8 Å². The van der Waals surface area contributed by atoms with Crippen molar-refractivity contribution in [2.75, 3.05) is 18.1 Å². The Hall–Kier alpha value is -3.55. The van der Waals surface area contributed by atoms with Gasteiger partial charge in [-0.2, -0.15) is 0 Å². The topological polar surface area (TPSA) is 66.9 Å². The normalized spacial score (nSPS) is 12.5. The molecule has 166 valence electrons. The number of rotatable bonds is 5. The van der Waals surface area contributed by atoms with E-state index in [1.54, 1.807) is 60.7 Å². The second-order valence-electron chi connectivity index (χ2n) is 7.40. The van der Waals surface area contributed by atoms with Crippen LogP contribution in [0.1, 0.15) is 36.6 Å². The van der Waals surface area contributed by atoms with Crippen molar-refractivity contribution < 1.29 is 19.1 Å². The molecular formula is C25H19ClN2O4S. The third kappa shape index (κ3) is 4.65. The number of fused-ring (bicyclic) bond motifs is 1. The molecule has 8 heteroatoms. The summed E-state index contributed by atoms with van der Waals surface area (Å²) in [6.45, 7) is 1.87. The Morgan fingerprint density at radius 1 is 0.939 bits per heavy atom. The molecule has 0 saturated carbocycles. The first-order chi connectivity index (χ1) is 15.9. The van der Waals surface area contributed by atoms with E-state index >= 15 is 0 Å². The number of aryl methyl sites for hydroxylation is 1. The summed E-state index contributed by atoms with van der Waals surface area (Å²) in [4.78, 5) is 40.7. The third-order valence-corrected chi connectivity index (χ3v) is 5.74. The smallest absolute Gasteiger partial charge is 0.271 e. The van der Waals surface area contributed by atoms with E-state index in [-0.39, 0.29) is 36.0 Å². The van der Waals surface area contributed by atoms with Crippen molar-refractivity contribution >= 4 is 52.4 Å². The summed E-state index contributed by atoms with van der Waals surface area (Å²) in [6, 6.07) is 20.3. The molecule has 0 spiro atoms. The molecule has 0 bridgehead atoms. The molecule has 3 aromatic rings. The van der Waals surface area contributed by atoms with E-state index in [1.807, 2.05) is 19.1 Å². The fourth-order valence-electron chi connectivity index (χ4n) is 3.45. The summed E-state index contributed by atoms with van der Waals surface area (Å²) in [7, 11) is 0. The Kier molecular flexibility index (Phi) is 6.53. The number of amides is 3. The van der Waals surface area contributed by atoms with Crippen LogP contribution in [0.2, 0.25) is 5.02 Å². The lowest BCUT2D eigenvalue weighted by molar-refractivity contribution is 0.0627. The van der Waals surface area contributed by atoms with Gasteiger partial charge in [0, 0.05) is 10.6 Å². The van der Waals surface area contributed by atoms with Gasteiger partial charge in [-0.05, 0) is 67.7 Å². The highest BCUT2D eigenvalue weighted by molar-refractivity contribution is 7.80. The number of carbonyl (C=O) groups is 3. The van der Waals surface area contributed by atoms with Gasteiger partial charge >= 0.3 is 0 Å². The van der Waals surface area contributed by atoms with Gasteiger partial charge in [0.25, 0.3) is 22.9 Å². The Labute approximate surface area is 201 Å². The van der Waals surface area contributed by atoms with E-state index < -0.39 is 0 Å². The zero-order valence-electron chi connectivity index (χ0n) is 17.7. The quantitative estimate of drug-likeness (QED) is 0.385. The predicted molar refractivity (Wildman–Crippen MR) is 130 cm³/mol. The maximum absolute atomic E-state index is 13.3. The molecule has 0 aliphatic carbocycles. The SMILES string of the molecule is Cc1ccc(C(=O)N(C(=S)OCCN2C(=O)c3ccccc3C2=O)c2ccc(Cl)cc2)cc1. The lowest BCUT2D eigenvalue weighted by atomic mass is 10.1. The average Bonchev–Trinajstić information content (AvgIpc) is 3.06. The molecule has 3 aromatic carbocycles. The largest absolute Gasteiger partial charge is 0.468 e. The van der Waals surface area contributed by atoms with Crippen LogP contribution in [-0.4, -0.2) is 40.9 Å². The van der Waals surface area contributed by atoms with Crippen LogP contribution in [0.15, 0.2) is 72.8 Å². The van der Waals surface area contributed by atoms with Crippen LogP contribution in [0.25, 0.3) is 0 Å². The highest BCUT2D eigenvalue weighted by Gasteiger charge is 2.35. The number of halogens is 1. The van der Waals surface area contributed by atoms with Crippen molar-refractivity contribution in [3.8, 4) is 0 Å². The van der Waals surface area contributed by atoms with Crippen LogP contribution in [-0.2, 0) is 4.74 Å². The van der Waals surface area contributed by atoms with Gasteiger partial charge in [0.1, 0.15) is 6.61 Å². The van der Waals surface area contributed by atoms with Crippen LogP contribution in [0.5, 0.6) is 0 Å². The molecule has 0 unspecified atom stereocenters. The van der Waals surface area contributed by atoms with Gasteiger partial charge in [0.15, 0.2) is 0 Å². The average molecular weight is 479 g/mol. The van der Waals surface area contributed by atoms with Gasteiger partial charge in [-0.1, -0.05) is 41.4 Å². The molecule has 3 amide bonds. The van der Waals surface area contributed by atoms with Gasteiger partial charge in [-0.25, -0.2) is 4.90 Å². The summed E-state index contributed by atoms with van der Waals surface area (Å²) in [5.74, 6) is -1.13. The molecule has 1 aliphatic heterocycles. The van der Waals surface area contributed by atoms with Crippen LogP contribution < -0.4 is 4.90 Å². The number of benzene rings is 3. The monoisotopic (exact) mass is 478 g/mol. The number of ether oxygens (including phenoxy) is 1. The van der Waals surface area contributed by atoms with Crippen LogP contribution in [0.4, 0.5) is 5.69 Å². The van der Waals surface area contributed by atoms with E-state index in [0.29, 0.717) is 27.4 Å². The van der Waals surface area contributed by atoms with Crippen LogP contribution in [0.3, 0.4) is 0 Å². The number of hydrogen-bond acceptors (Lipinski definition) is 5. The lowest BCUT2D eigenvalue weighted by Crippen LogP contribution is -2.39. The zero-order chi connectivity index (χ0) is 23.5. The fourth-order valence-corrected chi connectivity index (χ4v) is 3.85. The number of imide groups is 1. The molecule has 0 fully saturated rings. The van der Waals surface area contributed by atoms with Gasteiger partial charge < -0.3 is 4.74 Å². The standard InChI is InChI=1S/C25H19ClN2O4S/c1-16-6-8-17(9-7-16)22(29)28(19-12-10-18(26)11-13-19)25(33)32-15-14-27-23(30)20-4-2-3-5-21(20)24(27)31/h2-13H,14-15H2,1H3. The molecule has 1 aliphatic rings. The number of carbonyl (C=O) groups excluding carboxylic acids is 3. The van der Waals surface area contributed by atoms with Gasteiger partial charge in [0.05, 0.1) is 23.4 Å². The first-order valence-corrected chi connectivity index (χ1v) is 10.9. The maximum Gasteiger partial charge on any atom is 0.271 e. The van der Waals surface area contributed by atoms with E-state index in [2.05, 4.69) is 0 Å². The van der Waals surface area contributed by atoms with Gasteiger partial charge in [-0.15, -0.1) is 0 Å². The van der Waals surface area contributed by atoms with Crippen molar-refractivity contribution in [1.29, 1.82) is 0 Å². The second-order valence-corrected chi connectivity index (χ2v) is 8.19. The fraction of sp³-hybridized carbons (Fsp3) is 0.120. The minimum absolute atomic E-state index is 0.000331. The van der Waals surface area contributed by atoms with Crippen molar-refractivity contribution in [3.63, 3.8) is 0 Å². The molecule has 1 heterocycles. The predicted octanol–water partition coefficient (Wildman–Crippen LogP) is 4.89. The molecule has 0 aromatic heterocycles. The summed E-state index contributed by atoms with van der Waals surface area (Å²) in [5, 5.41) is 0.415. The molecule has 33 heavy (non-hydrogen) atoms. The highest BCUT2D eigenvalue weighted by atomic mass is 35.5. The first-order valence-electron chi connectivity index (χ1n) is 10.2. The van der Waals surface area contributed by atoms with Crippen molar-refractivity contribution in [1.82, 2.24) is 4.90 Å². The molecule has 0 saturated heterocycles. The number of hydrogen-bond donors (Lipinski definition) is 0. The first kappa shape index (κ1) is 22.6. The third-order valence-electron chi connectivity index (χ3n) is 5.19. The molecule has 0 radical (unpaired) electrons. The van der Waals surface area contributed by atoms with E-state index in [9.17, 15) is 14.4 Å². The summed E-state index contributed by atoms with van der Waals surface area (Å²) in [5.41, 5.74) is 2.66. The van der Waals surface area contributed by atoms with E-state index in [4.69, 9.17) is 28.6 Å². The van der Waals surface area contributed by atoms with Crippen molar-refractivity contribution in [2.45, 2.75) is 6.92 Å². The van der Waals surface area contributed by atoms with Gasteiger partial charge in [0.2, 0.25) is 0 Å². The second kappa shape index (κ2) is 9.52. The number of nitrogens with zero attached hydrogens (tertiary/aromatic N) is 2. The minimum Gasteiger partial charge on any atom is -0.468 e. The molecule has 6 nitrogen and oxygen atoms in total. The minimum atomic E-state index is -0.379. The number of thiocarbonyl (C=S) groups is 1. The van der Waals surface area contributed by atoms with Crippen LogP contribution in [0, 0.1) is 6.92 Å². The maximum atomic E-state index is 13.3. The van der Waals surface area contributed by atoms with E-state index in [1.165, 1.54) is 4.90 Å². The summed E-state index contributed by atoms with van der Waals surface area (Å²) in [6.07, 6.45) is 0. The zero-order valence-corrected chi connectivity index (χ0v) is 19.2. The van der Waals surface area contributed by atoms with Crippen molar-refractivity contribution in [3.05, 3.63) is 100 Å². The molecular weight excluding hydrogens is 460 g/mol.